The quantitative estimate of drug-likeness (QED) is 0.845. The van der Waals surface area contributed by atoms with Gasteiger partial charge in [0, 0.05) is 7.05 Å². The van der Waals surface area contributed by atoms with Crippen molar-refractivity contribution in [3.8, 4) is 5.75 Å². The van der Waals surface area contributed by atoms with Crippen molar-refractivity contribution >= 4 is 11.5 Å². The number of phenols is 1. The lowest BCUT2D eigenvalue weighted by molar-refractivity contribution is -0.0759. The van der Waals surface area contributed by atoms with Crippen molar-refractivity contribution in [2.24, 2.45) is 0 Å². The molecule has 1 rings (SSSR count). The van der Waals surface area contributed by atoms with Gasteiger partial charge in [0.2, 0.25) is 0 Å². The van der Waals surface area contributed by atoms with Gasteiger partial charge in [-0.3, -0.25) is 9.63 Å². The number of amides is 1. The zero-order valence-corrected chi connectivity index (χ0v) is 10.3. The van der Waals surface area contributed by atoms with E-state index in [1.807, 2.05) is 0 Å². The van der Waals surface area contributed by atoms with E-state index in [0.29, 0.717) is 6.07 Å². The molecule has 0 saturated heterocycles. The molecule has 0 heterocycles. The Morgan fingerprint density at radius 2 is 2.06 bits per heavy atom. The molecule has 0 fully saturated rings. The summed E-state index contributed by atoms with van der Waals surface area (Å²) in [6.07, 6.45) is 0. The van der Waals surface area contributed by atoms with Crippen molar-refractivity contribution in [3.05, 3.63) is 35.4 Å². The Hall–Kier alpha value is -1.95. The average Bonchev–Trinajstić information content (AvgIpc) is 2.31. The summed E-state index contributed by atoms with van der Waals surface area (Å²) in [5.41, 5.74) is -0.839. The van der Waals surface area contributed by atoms with E-state index < -0.39 is 34.4 Å². The molecule has 1 amide bonds. The lowest BCUT2D eigenvalue weighted by atomic mass is 10.0. The molecule has 0 bridgehead atoms. The van der Waals surface area contributed by atoms with Crippen molar-refractivity contribution in [2.45, 2.75) is 6.92 Å². The summed E-state index contributed by atoms with van der Waals surface area (Å²) < 4.78 is 27.5. The van der Waals surface area contributed by atoms with Gasteiger partial charge in [-0.15, -0.1) is 0 Å². The topological polar surface area (TPSA) is 49.8 Å². The zero-order chi connectivity index (χ0) is 14.0. The molecule has 1 N–H and O–H groups in total. The molecule has 1 aromatic carbocycles. The standard InChI is InChI=1S/C12H13F2NO3/c1-6(2)9-10(14)7(5-8(13)11(9)16)12(17)15(3)18-4/h5,16H,1H2,2-4H3. The van der Waals surface area contributed by atoms with Crippen LogP contribution in [-0.2, 0) is 4.84 Å². The molecule has 0 aliphatic rings. The van der Waals surface area contributed by atoms with Gasteiger partial charge in [-0.2, -0.15) is 0 Å². The van der Waals surface area contributed by atoms with E-state index in [2.05, 4.69) is 11.4 Å². The first kappa shape index (κ1) is 14.1. The Kier molecular flexibility index (Phi) is 4.03. The second-order valence-electron chi connectivity index (χ2n) is 3.71. The SMILES string of the molecule is C=C(C)c1c(O)c(F)cc(C(=O)N(C)OC)c1F. The lowest BCUT2D eigenvalue weighted by Crippen LogP contribution is -2.26. The highest BCUT2D eigenvalue weighted by molar-refractivity contribution is 5.95. The van der Waals surface area contributed by atoms with E-state index in [1.54, 1.807) is 0 Å². The van der Waals surface area contributed by atoms with Crippen LogP contribution in [0, 0.1) is 11.6 Å². The monoisotopic (exact) mass is 257 g/mol. The average molecular weight is 257 g/mol. The highest BCUT2D eigenvalue weighted by Gasteiger charge is 2.24. The Labute approximate surface area is 103 Å². The second kappa shape index (κ2) is 5.14. The number of carbonyl (C=O) groups excluding carboxylic acids is 1. The second-order valence-corrected chi connectivity index (χ2v) is 3.71. The predicted octanol–water partition coefficient (Wildman–Crippen LogP) is 2.34. The van der Waals surface area contributed by atoms with E-state index in [9.17, 15) is 18.7 Å². The van der Waals surface area contributed by atoms with Gasteiger partial charge in [0.15, 0.2) is 11.6 Å². The molecule has 0 unspecified atom stereocenters. The van der Waals surface area contributed by atoms with Crippen molar-refractivity contribution in [1.29, 1.82) is 0 Å². The van der Waals surface area contributed by atoms with E-state index in [4.69, 9.17) is 0 Å². The highest BCUT2D eigenvalue weighted by atomic mass is 19.1. The number of hydrogen-bond acceptors (Lipinski definition) is 3. The molecule has 0 saturated carbocycles. The molecule has 98 valence electrons. The van der Waals surface area contributed by atoms with Crippen LogP contribution in [0.15, 0.2) is 12.6 Å². The van der Waals surface area contributed by atoms with E-state index in [0.717, 1.165) is 5.06 Å². The molecule has 0 aromatic heterocycles. The molecule has 0 spiro atoms. The van der Waals surface area contributed by atoms with Crippen molar-refractivity contribution in [3.63, 3.8) is 0 Å². The number of aromatic hydroxyl groups is 1. The maximum Gasteiger partial charge on any atom is 0.280 e. The molecule has 1 aromatic rings. The molecule has 0 aliphatic carbocycles. The van der Waals surface area contributed by atoms with Crippen molar-refractivity contribution in [2.75, 3.05) is 14.2 Å². The first-order valence-electron chi connectivity index (χ1n) is 5.00. The first-order valence-corrected chi connectivity index (χ1v) is 5.00. The third kappa shape index (κ3) is 2.33. The summed E-state index contributed by atoms with van der Waals surface area (Å²) in [6, 6.07) is 0.620. The van der Waals surface area contributed by atoms with Crippen LogP contribution < -0.4 is 0 Å². The number of carbonyl (C=O) groups is 1. The summed E-state index contributed by atoms with van der Waals surface area (Å²) in [7, 11) is 2.47. The number of allylic oxidation sites excluding steroid dienone is 1. The van der Waals surface area contributed by atoms with Gasteiger partial charge in [0.1, 0.15) is 5.82 Å². The summed E-state index contributed by atoms with van der Waals surface area (Å²) >= 11 is 0. The third-order valence-electron chi connectivity index (χ3n) is 2.41. The maximum atomic E-state index is 14.0. The minimum atomic E-state index is -1.10. The summed E-state index contributed by atoms with van der Waals surface area (Å²) in [5, 5.41) is 10.2. The number of hydroxylamine groups is 2. The number of benzene rings is 1. The summed E-state index contributed by atoms with van der Waals surface area (Å²) in [5.74, 6) is -3.86. The Morgan fingerprint density at radius 3 is 2.50 bits per heavy atom. The van der Waals surface area contributed by atoms with Crippen molar-refractivity contribution in [1.82, 2.24) is 5.06 Å². The number of halogens is 2. The molecule has 0 aliphatic heterocycles. The molecular formula is C12H13F2NO3. The number of hydrogen-bond donors (Lipinski definition) is 1. The van der Waals surface area contributed by atoms with Crippen LogP contribution >= 0.6 is 0 Å². The number of phenolic OH excluding ortho intramolecular Hbond substituents is 1. The van der Waals surface area contributed by atoms with Crippen molar-refractivity contribution < 1.29 is 23.5 Å². The molecule has 4 nitrogen and oxygen atoms in total. The van der Waals surface area contributed by atoms with E-state index in [-0.39, 0.29) is 5.57 Å². The number of rotatable bonds is 3. The predicted molar refractivity (Wildman–Crippen MR) is 61.8 cm³/mol. The zero-order valence-electron chi connectivity index (χ0n) is 10.3. The summed E-state index contributed by atoms with van der Waals surface area (Å²) in [4.78, 5) is 16.3. The minimum absolute atomic E-state index is 0.110. The van der Waals surface area contributed by atoms with Crippen LogP contribution in [0.5, 0.6) is 5.75 Å². The molecule has 0 radical (unpaired) electrons. The first-order chi connectivity index (χ1) is 8.31. The Balaban J connectivity index is 3.48. The van der Waals surface area contributed by atoms with Crippen LogP contribution in [0.2, 0.25) is 0 Å². The normalized spacial score (nSPS) is 10.3. The molecular weight excluding hydrogens is 244 g/mol. The maximum absolute atomic E-state index is 14.0. The van der Waals surface area contributed by atoms with Crippen LogP contribution in [0.1, 0.15) is 22.8 Å². The van der Waals surface area contributed by atoms with E-state index >= 15 is 0 Å². The Morgan fingerprint density at radius 1 is 1.50 bits per heavy atom. The van der Waals surface area contributed by atoms with E-state index in [1.165, 1.54) is 21.1 Å². The molecule has 0 atom stereocenters. The molecule has 6 heteroatoms. The minimum Gasteiger partial charge on any atom is -0.504 e. The molecule has 18 heavy (non-hydrogen) atoms. The van der Waals surface area contributed by atoms with Gasteiger partial charge in [-0.25, -0.2) is 13.8 Å². The largest absolute Gasteiger partial charge is 0.504 e. The van der Waals surface area contributed by atoms with Gasteiger partial charge < -0.3 is 5.11 Å². The van der Waals surface area contributed by atoms with Crippen LogP contribution in [-0.4, -0.2) is 30.2 Å². The smallest absolute Gasteiger partial charge is 0.280 e. The van der Waals surface area contributed by atoms with Crippen LogP contribution in [0.4, 0.5) is 8.78 Å². The van der Waals surface area contributed by atoms with Gasteiger partial charge in [-0.1, -0.05) is 6.58 Å². The number of nitrogens with zero attached hydrogens (tertiary/aromatic N) is 1. The third-order valence-corrected chi connectivity index (χ3v) is 2.41. The van der Waals surface area contributed by atoms with Gasteiger partial charge in [0.25, 0.3) is 5.91 Å². The summed E-state index contributed by atoms with van der Waals surface area (Å²) in [6.45, 7) is 4.83. The lowest BCUT2D eigenvalue weighted by Gasteiger charge is -2.16. The van der Waals surface area contributed by atoms with Gasteiger partial charge >= 0.3 is 0 Å². The fourth-order valence-corrected chi connectivity index (χ4v) is 1.41. The van der Waals surface area contributed by atoms with Crippen LogP contribution in [0.25, 0.3) is 5.57 Å². The fraction of sp³-hybridized carbons (Fsp3) is 0.250. The fourth-order valence-electron chi connectivity index (χ4n) is 1.41. The van der Waals surface area contributed by atoms with Crippen LogP contribution in [0.3, 0.4) is 0 Å². The highest BCUT2D eigenvalue weighted by Crippen LogP contribution is 2.32. The Bertz CT molecular complexity index is 515. The van der Waals surface area contributed by atoms with Gasteiger partial charge in [-0.05, 0) is 18.6 Å². The van der Waals surface area contributed by atoms with Gasteiger partial charge in [0.05, 0.1) is 18.2 Å².